The number of nitrogens with zero attached hydrogens (tertiary/aromatic N) is 3. The van der Waals surface area contributed by atoms with Crippen LogP contribution in [0.15, 0.2) is 6.20 Å². The molecule has 1 heterocycles. The predicted molar refractivity (Wildman–Crippen MR) is 41.1 cm³/mol. The lowest BCUT2D eigenvalue weighted by molar-refractivity contribution is -0.140. The van der Waals surface area contributed by atoms with Gasteiger partial charge >= 0.3 is 5.97 Å². The van der Waals surface area contributed by atoms with Gasteiger partial charge in [-0.2, -0.15) is 0 Å². The van der Waals surface area contributed by atoms with Gasteiger partial charge in [-0.3, -0.25) is 4.79 Å². The van der Waals surface area contributed by atoms with Gasteiger partial charge in [0.25, 0.3) is 0 Å². The molecule has 0 unspecified atom stereocenters. The standard InChI is InChI=1S/C6H10N4O2/c1-12-6(11)2-3-10-4-5(7)8-9-10/h4H,2-3,7H2,1H3. The van der Waals surface area contributed by atoms with E-state index < -0.39 is 0 Å². The first-order chi connectivity index (χ1) is 5.72. The largest absolute Gasteiger partial charge is 0.469 e. The van der Waals surface area contributed by atoms with Gasteiger partial charge in [0.05, 0.1) is 26.3 Å². The van der Waals surface area contributed by atoms with E-state index in [1.54, 1.807) is 6.20 Å². The Kier molecular flexibility index (Phi) is 2.62. The minimum absolute atomic E-state index is 0.274. The number of methoxy groups -OCH3 is 1. The number of rotatable bonds is 3. The number of esters is 1. The summed E-state index contributed by atoms with van der Waals surface area (Å²) in [5.41, 5.74) is 5.31. The van der Waals surface area contributed by atoms with Crippen molar-refractivity contribution in [2.45, 2.75) is 13.0 Å². The Hall–Kier alpha value is -1.59. The van der Waals surface area contributed by atoms with Crippen LogP contribution in [0.3, 0.4) is 0 Å². The zero-order chi connectivity index (χ0) is 8.97. The van der Waals surface area contributed by atoms with Gasteiger partial charge in [0.1, 0.15) is 0 Å². The van der Waals surface area contributed by atoms with Gasteiger partial charge in [-0.25, -0.2) is 4.68 Å². The van der Waals surface area contributed by atoms with E-state index >= 15 is 0 Å². The fourth-order valence-electron chi connectivity index (χ4n) is 0.731. The van der Waals surface area contributed by atoms with Crippen LogP contribution in [0.4, 0.5) is 5.82 Å². The molecule has 6 heteroatoms. The smallest absolute Gasteiger partial charge is 0.307 e. The molecule has 0 radical (unpaired) electrons. The minimum Gasteiger partial charge on any atom is -0.469 e. The number of nitrogens with two attached hydrogens (primary N) is 1. The molecular formula is C6H10N4O2. The molecule has 0 saturated carbocycles. The van der Waals surface area contributed by atoms with Gasteiger partial charge < -0.3 is 10.5 Å². The number of hydrogen-bond acceptors (Lipinski definition) is 5. The number of anilines is 1. The zero-order valence-corrected chi connectivity index (χ0v) is 6.73. The van der Waals surface area contributed by atoms with Crippen molar-refractivity contribution in [3.8, 4) is 0 Å². The topological polar surface area (TPSA) is 83.0 Å². The normalized spacial score (nSPS) is 9.75. The van der Waals surface area contributed by atoms with Gasteiger partial charge in [-0.05, 0) is 0 Å². The number of hydrogen-bond donors (Lipinski definition) is 1. The molecule has 2 N–H and O–H groups in total. The maximum absolute atomic E-state index is 10.7. The van der Waals surface area contributed by atoms with Crippen LogP contribution in [-0.2, 0) is 16.1 Å². The molecule has 0 fully saturated rings. The van der Waals surface area contributed by atoms with Crippen molar-refractivity contribution < 1.29 is 9.53 Å². The highest BCUT2D eigenvalue weighted by Crippen LogP contribution is 1.95. The molecular weight excluding hydrogens is 160 g/mol. The average molecular weight is 170 g/mol. The van der Waals surface area contributed by atoms with Gasteiger partial charge in [-0.1, -0.05) is 5.21 Å². The van der Waals surface area contributed by atoms with Gasteiger partial charge in [-0.15, -0.1) is 5.10 Å². The molecule has 0 aromatic carbocycles. The van der Waals surface area contributed by atoms with Crippen LogP contribution in [0.1, 0.15) is 6.42 Å². The Labute approximate surface area is 69.3 Å². The summed E-state index contributed by atoms with van der Waals surface area (Å²) in [7, 11) is 1.35. The molecule has 0 aliphatic carbocycles. The summed E-state index contributed by atoms with van der Waals surface area (Å²) in [5.74, 6) is 0.0731. The first-order valence-electron chi connectivity index (χ1n) is 3.45. The summed E-state index contributed by atoms with van der Waals surface area (Å²) in [6.45, 7) is 0.441. The molecule has 66 valence electrons. The maximum Gasteiger partial charge on any atom is 0.307 e. The van der Waals surface area contributed by atoms with Crippen LogP contribution in [0.5, 0.6) is 0 Å². The Balaban J connectivity index is 2.38. The van der Waals surface area contributed by atoms with Crippen LogP contribution >= 0.6 is 0 Å². The van der Waals surface area contributed by atoms with Crippen molar-refractivity contribution in [1.82, 2.24) is 15.0 Å². The van der Waals surface area contributed by atoms with E-state index in [0.717, 1.165) is 0 Å². The average Bonchev–Trinajstić information content (AvgIpc) is 2.47. The second-order valence-electron chi connectivity index (χ2n) is 2.23. The second kappa shape index (κ2) is 3.70. The first kappa shape index (κ1) is 8.51. The predicted octanol–water partition coefficient (Wildman–Crippen LogP) is -0.577. The van der Waals surface area contributed by atoms with Gasteiger partial charge in [0.15, 0.2) is 5.82 Å². The summed E-state index contributed by atoms with van der Waals surface area (Å²) in [4.78, 5) is 10.7. The molecule has 0 bridgehead atoms. The lowest BCUT2D eigenvalue weighted by Crippen LogP contribution is -2.07. The quantitative estimate of drug-likeness (QED) is 0.614. The molecule has 0 saturated heterocycles. The summed E-state index contributed by atoms with van der Waals surface area (Å²) < 4.78 is 5.94. The van der Waals surface area contributed by atoms with Crippen LogP contribution in [0.25, 0.3) is 0 Å². The molecule has 6 nitrogen and oxygen atoms in total. The van der Waals surface area contributed by atoms with Crippen molar-refractivity contribution in [2.75, 3.05) is 12.8 Å². The maximum atomic E-state index is 10.7. The van der Waals surface area contributed by atoms with Crippen LogP contribution < -0.4 is 5.73 Å². The van der Waals surface area contributed by atoms with Crippen LogP contribution in [-0.4, -0.2) is 28.1 Å². The summed E-state index contributed by atoms with van der Waals surface area (Å²) in [6, 6.07) is 0. The lowest BCUT2D eigenvalue weighted by atomic mass is 10.4. The van der Waals surface area contributed by atoms with Crippen LogP contribution in [0.2, 0.25) is 0 Å². The van der Waals surface area contributed by atoms with Crippen LogP contribution in [0, 0.1) is 0 Å². The highest BCUT2D eigenvalue weighted by Gasteiger charge is 2.01. The molecule has 1 aromatic heterocycles. The second-order valence-corrected chi connectivity index (χ2v) is 2.23. The fourth-order valence-corrected chi connectivity index (χ4v) is 0.731. The van der Waals surface area contributed by atoms with E-state index in [2.05, 4.69) is 15.0 Å². The zero-order valence-electron chi connectivity index (χ0n) is 6.73. The SMILES string of the molecule is COC(=O)CCn1cc(N)nn1. The van der Waals surface area contributed by atoms with E-state index in [1.807, 2.05) is 0 Å². The highest BCUT2D eigenvalue weighted by atomic mass is 16.5. The molecule has 0 amide bonds. The third-order valence-electron chi connectivity index (χ3n) is 1.33. The molecule has 0 atom stereocenters. The Bertz CT molecular complexity index is 270. The van der Waals surface area contributed by atoms with Gasteiger partial charge in [0, 0.05) is 0 Å². The Morgan fingerprint density at radius 2 is 2.58 bits per heavy atom. The van der Waals surface area contributed by atoms with Crippen molar-refractivity contribution in [3.05, 3.63) is 6.20 Å². The van der Waals surface area contributed by atoms with E-state index in [-0.39, 0.29) is 12.4 Å². The van der Waals surface area contributed by atoms with Crippen molar-refractivity contribution >= 4 is 11.8 Å². The molecule has 1 rings (SSSR count). The number of aromatic nitrogens is 3. The number of carbonyl (C=O) groups is 1. The Morgan fingerprint density at radius 3 is 3.08 bits per heavy atom. The van der Waals surface area contributed by atoms with E-state index in [1.165, 1.54) is 11.8 Å². The number of carbonyl (C=O) groups excluding carboxylic acids is 1. The minimum atomic E-state index is -0.274. The molecule has 0 aliphatic rings. The van der Waals surface area contributed by atoms with E-state index in [4.69, 9.17) is 5.73 Å². The van der Waals surface area contributed by atoms with E-state index in [0.29, 0.717) is 12.4 Å². The van der Waals surface area contributed by atoms with Gasteiger partial charge in [0.2, 0.25) is 0 Å². The first-order valence-corrected chi connectivity index (χ1v) is 3.45. The molecule has 0 spiro atoms. The molecule has 12 heavy (non-hydrogen) atoms. The fraction of sp³-hybridized carbons (Fsp3) is 0.500. The highest BCUT2D eigenvalue weighted by molar-refractivity contribution is 5.68. The summed E-state index contributed by atoms with van der Waals surface area (Å²) in [5, 5.41) is 7.21. The monoisotopic (exact) mass is 170 g/mol. The third-order valence-corrected chi connectivity index (χ3v) is 1.33. The van der Waals surface area contributed by atoms with Crippen molar-refractivity contribution in [2.24, 2.45) is 0 Å². The van der Waals surface area contributed by atoms with Crippen molar-refractivity contribution in [1.29, 1.82) is 0 Å². The third kappa shape index (κ3) is 2.22. The molecule has 0 aliphatic heterocycles. The number of nitrogen functional groups attached to an aromatic ring is 1. The molecule has 1 aromatic rings. The lowest BCUT2D eigenvalue weighted by Gasteiger charge is -1.97. The number of aryl methyl sites for hydroxylation is 1. The van der Waals surface area contributed by atoms with Crippen molar-refractivity contribution in [3.63, 3.8) is 0 Å². The summed E-state index contributed by atoms with van der Waals surface area (Å²) in [6.07, 6.45) is 1.84. The summed E-state index contributed by atoms with van der Waals surface area (Å²) >= 11 is 0. The van der Waals surface area contributed by atoms with E-state index in [9.17, 15) is 4.79 Å². The Morgan fingerprint density at radius 1 is 1.83 bits per heavy atom. The number of ether oxygens (including phenoxy) is 1.